The quantitative estimate of drug-likeness (QED) is 0.684. The molecule has 0 fully saturated rings. The first-order valence-electron chi connectivity index (χ1n) is 5.63. The lowest BCUT2D eigenvalue weighted by Gasteiger charge is -2.13. The summed E-state index contributed by atoms with van der Waals surface area (Å²) in [5, 5.41) is 5.43. The molecule has 0 aliphatic rings. The van der Waals surface area contributed by atoms with Crippen molar-refractivity contribution in [2.45, 2.75) is 20.0 Å². The Morgan fingerprint density at radius 2 is 2.06 bits per heavy atom. The zero-order valence-electron chi connectivity index (χ0n) is 10.2. The first-order chi connectivity index (χ1) is 8.11. The molecule has 0 bridgehead atoms. The fourth-order valence-electron chi connectivity index (χ4n) is 1.32. The van der Waals surface area contributed by atoms with E-state index in [4.69, 9.17) is 10.5 Å². The molecule has 1 unspecified atom stereocenters. The summed E-state index contributed by atoms with van der Waals surface area (Å²) in [6.45, 7) is 4.95. The van der Waals surface area contributed by atoms with Crippen LogP contribution in [0, 0.1) is 0 Å². The molecule has 17 heavy (non-hydrogen) atoms. The van der Waals surface area contributed by atoms with Crippen molar-refractivity contribution in [3.05, 3.63) is 24.3 Å². The Morgan fingerprint density at radius 1 is 1.41 bits per heavy atom. The second-order valence-corrected chi connectivity index (χ2v) is 3.72. The van der Waals surface area contributed by atoms with Crippen LogP contribution in [0.3, 0.4) is 0 Å². The van der Waals surface area contributed by atoms with E-state index < -0.39 is 0 Å². The lowest BCUT2D eigenvalue weighted by atomic mass is 10.3. The van der Waals surface area contributed by atoms with Gasteiger partial charge >= 0.3 is 6.03 Å². The van der Waals surface area contributed by atoms with Crippen LogP contribution < -0.4 is 16.4 Å². The van der Waals surface area contributed by atoms with Gasteiger partial charge in [0.15, 0.2) is 0 Å². The zero-order valence-corrected chi connectivity index (χ0v) is 10.2. The predicted octanol–water partition coefficient (Wildman–Crippen LogP) is 1.82. The van der Waals surface area contributed by atoms with Gasteiger partial charge in [-0.1, -0.05) is 0 Å². The molecule has 0 radical (unpaired) electrons. The lowest BCUT2D eigenvalue weighted by molar-refractivity contribution is 0.0780. The van der Waals surface area contributed by atoms with Crippen LogP contribution >= 0.6 is 0 Å². The number of benzene rings is 1. The second-order valence-electron chi connectivity index (χ2n) is 3.72. The number of nitrogens with one attached hydrogen (secondary N) is 2. The molecule has 0 saturated heterocycles. The van der Waals surface area contributed by atoms with E-state index in [1.165, 1.54) is 0 Å². The number of amides is 2. The molecule has 0 heterocycles. The Balaban J connectivity index is 2.32. The summed E-state index contributed by atoms with van der Waals surface area (Å²) in [6, 6.07) is 6.72. The summed E-state index contributed by atoms with van der Waals surface area (Å²) < 4.78 is 5.30. The van der Waals surface area contributed by atoms with Crippen molar-refractivity contribution in [1.82, 2.24) is 5.32 Å². The van der Waals surface area contributed by atoms with E-state index in [2.05, 4.69) is 10.6 Å². The SMILES string of the molecule is CCOC(C)CNC(=O)Nc1ccc(N)cc1. The lowest BCUT2D eigenvalue weighted by Crippen LogP contribution is -2.35. The Hall–Kier alpha value is -1.75. The number of ether oxygens (including phenoxy) is 1. The van der Waals surface area contributed by atoms with Crippen LogP contribution in [0.25, 0.3) is 0 Å². The van der Waals surface area contributed by atoms with Gasteiger partial charge in [-0.05, 0) is 38.1 Å². The molecule has 0 aliphatic carbocycles. The zero-order chi connectivity index (χ0) is 12.7. The largest absolute Gasteiger partial charge is 0.399 e. The van der Waals surface area contributed by atoms with Crippen molar-refractivity contribution in [2.75, 3.05) is 24.2 Å². The van der Waals surface area contributed by atoms with Crippen LogP contribution in [-0.4, -0.2) is 25.3 Å². The van der Waals surface area contributed by atoms with Crippen molar-refractivity contribution in [3.63, 3.8) is 0 Å². The maximum absolute atomic E-state index is 11.5. The molecule has 1 aromatic rings. The molecule has 5 nitrogen and oxygen atoms in total. The molecule has 5 heteroatoms. The van der Waals surface area contributed by atoms with E-state index in [1.54, 1.807) is 24.3 Å². The smallest absolute Gasteiger partial charge is 0.319 e. The summed E-state index contributed by atoms with van der Waals surface area (Å²) in [6.07, 6.45) is 0.0113. The van der Waals surface area contributed by atoms with E-state index >= 15 is 0 Å². The van der Waals surface area contributed by atoms with E-state index in [9.17, 15) is 4.79 Å². The molecule has 1 rings (SSSR count). The van der Waals surface area contributed by atoms with E-state index in [-0.39, 0.29) is 12.1 Å². The van der Waals surface area contributed by atoms with Gasteiger partial charge in [0.05, 0.1) is 6.10 Å². The molecule has 0 aromatic heterocycles. The van der Waals surface area contributed by atoms with Gasteiger partial charge in [-0.25, -0.2) is 4.79 Å². The standard InChI is InChI=1S/C12H19N3O2/c1-3-17-9(2)8-14-12(16)15-11-6-4-10(13)5-7-11/h4-7,9H,3,8,13H2,1-2H3,(H2,14,15,16). The summed E-state index contributed by atoms with van der Waals surface area (Å²) in [4.78, 5) is 11.5. The van der Waals surface area contributed by atoms with Crippen LogP contribution in [0.5, 0.6) is 0 Å². The number of carbonyl (C=O) groups is 1. The van der Waals surface area contributed by atoms with Crippen LogP contribution in [0.15, 0.2) is 24.3 Å². The van der Waals surface area contributed by atoms with Gasteiger partial charge in [-0.3, -0.25) is 0 Å². The van der Waals surface area contributed by atoms with Gasteiger partial charge in [0, 0.05) is 24.5 Å². The number of nitrogens with two attached hydrogens (primary N) is 1. The number of carbonyl (C=O) groups excluding carboxylic acids is 1. The van der Waals surface area contributed by atoms with Crippen molar-refractivity contribution in [1.29, 1.82) is 0 Å². The third kappa shape index (κ3) is 5.21. The van der Waals surface area contributed by atoms with Crippen LogP contribution in [-0.2, 0) is 4.74 Å². The molecule has 1 atom stereocenters. The van der Waals surface area contributed by atoms with Crippen LogP contribution in [0.1, 0.15) is 13.8 Å². The maximum atomic E-state index is 11.5. The highest BCUT2D eigenvalue weighted by Gasteiger charge is 2.04. The minimum atomic E-state index is -0.249. The molecular formula is C12H19N3O2. The number of anilines is 2. The van der Waals surface area contributed by atoms with Gasteiger partial charge in [-0.15, -0.1) is 0 Å². The fourth-order valence-corrected chi connectivity index (χ4v) is 1.32. The van der Waals surface area contributed by atoms with Crippen LogP contribution in [0.2, 0.25) is 0 Å². The summed E-state index contributed by atoms with van der Waals surface area (Å²) in [5.41, 5.74) is 6.92. The van der Waals surface area contributed by atoms with Gasteiger partial charge < -0.3 is 21.1 Å². The highest BCUT2D eigenvalue weighted by atomic mass is 16.5. The summed E-state index contributed by atoms with van der Waals surface area (Å²) in [5.74, 6) is 0. The van der Waals surface area contributed by atoms with Crippen molar-refractivity contribution < 1.29 is 9.53 Å². The topological polar surface area (TPSA) is 76.4 Å². The highest BCUT2D eigenvalue weighted by Crippen LogP contribution is 2.09. The Labute approximate surface area is 101 Å². The fraction of sp³-hybridized carbons (Fsp3) is 0.417. The average molecular weight is 237 g/mol. The molecule has 0 saturated carbocycles. The van der Waals surface area contributed by atoms with Gasteiger partial charge in [0.1, 0.15) is 0 Å². The Kier molecular flexibility index (Phi) is 5.29. The minimum Gasteiger partial charge on any atom is -0.399 e. The molecule has 0 spiro atoms. The summed E-state index contributed by atoms with van der Waals surface area (Å²) >= 11 is 0. The monoisotopic (exact) mass is 237 g/mol. The molecule has 2 amide bonds. The third-order valence-electron chi connectivity index (χ3n) is 2.17. The van der Waals surface area contributed by atoms with Crippen molar-refractivity contribution in [2.24, 2.45) is 0 Å². The maximum Gasteiger partial charge on any atom is 0.319 e. The van der Waals surface area contributed by atoms with Crippen molar-refractivity contribution in [3.8, 4) is 0 Å². The molecule has 1 aromatic carbocycles. The molecule has 94 valence electrons. The molecule has 4 N–H and O–H groups in total. The first kappa shape index (κ1) is 13.3. The number of rotatable bonds is 5. The number of nitrogen functional groups attached to an aromatic ring is 1. The predicted molar refractivity (Wildman–Crippen MR) is 69.0 cm³/mol. The number of urea groups is 1. The first-order valence-corrected chi connectivity index (χ1v) is 5.63. The van der Waals surface area contributed by atoms with Gasteiger partial charge in [-0.2, -0.15) is 0 Å². The molecular weight excluding hydrogens is 218 g/mol. The van der Waals surface area contributed by atoms with Gasteiger partial charge in [0.2, 0.25) is 0 Å². The van der Waals surface area contributed by atoms with E-state index in [0.29, 0.717) is 24.5 Å². The average Bonchev–Trinajstić information content (AvgIpc) is 2.30. The second kappa shape index (κ2) is 6.75. The Morgan fingerprint density at radius 3 is 2.65 bits per heavy atom. The van der Waals surface area contributed by atoms with Crippen molar-refractivity contribution >= 4 is 17.4 Å². The third-order valence-corrected chi connectivity index (χ3v) is 2.17. The number of hydrogen-bond donors (Lipinski definition) is 3. The van der Waals surface area contributed by atoms with Crippen LogP contribution in [0.4, 0.5) is 16.2 Å². The van der Waals surface area contributed by atoms with E-state index in [1.807, 2.05) is 13.8 Å². The van der Waals surface area contributed by atoms with Gasteiger partial charge in [0.25, 0.3) is 0 Å². The highest BCUT2D eigenvalue weighted by molar-refractivity contribution is 5.89. The Bertz CT molecular complexity index is 351. The summed E-state index contributed by atoms with van der Waals surface area (Å²) in [7, 11) is 0. The normalized spacial score (nSPS) is 11.9. The van der Waals surface area contributed by atoms with E-state index in [0.717, 1.165) is 0 Å². The number of hydrogen-bond acceptors (Lipinski definition) is 3. The minimum absolute atomic E-state index is 0.0113. The molecule has 0 aliphatic heterocycles.